The molecule has 1 saturated heterocycles. The molecule has 0 aliphatic carbocycles. The van der Waals surface area contributed by atoms with Crippen LogP contribution >= 0.6 is 0 Å². The summed E-state index contributed by atoms with van der Waals surface area (Å²) < 4.78 is 10.9. The van der Waals surface area contributed by atoms with Gasteiger partial charge in [-0.2, -0.15) is 0 Å². The molecule has 1 fully saturated rings. The number of methoxy groups -OCH3 is 1. The number of ether oxygens (including phenoxy) is 2. The van der Waals surface area contributed by atoms with Gasteiger partial charge in [-0.1, -0.05) is 6.07 Å². The van der Waals surface area contributed by atoms with E-state index < -0.39 is 0 Å². The molecule has 0 N–H and O–H groups in total. The first-order chi connectivity index (χ1) is 13.5. The molecule has 0 atom stereocenters. The highest BCUT2D eigenvalue weighted by atomic mass is 16.5. The number of piperazine rings is 1. The number of amides is 3. The zero-order valence-corrected chi connectivity index (χ0v) is 17.6. The minimum Gasteiger partial charge on any atom is -0.493 e. The number of aryl methyl sites for hydroxylation is 1. The predicted molar refractivity (Wildman–Crippen MR) is 109 cm³/mol. The molecule has 7 nitrogen and oxygen atoms in total. The Morgan fingerprint density at radius 3 is 2.21 bits per heavy atom. The number of nitrogens with zero attached hydrogens (tertiary/aromatic N) is 3. The lowest BCUT2D eigenvalue weighted by Gasteiger charge is -2.37. The van der Waals surface area contributed by atoms with Crippen molar-refractivity contribution in [2.24, 2.45) is 0 Å². The van der Waals surface area contributed by atoms with E-state index in [1.807, 2.05) is 53.7 Å². The highest BCUT2D eigenvalue weighted by Gasteiger charge is 2.26. The van der Waals surface area contributed by atoms with E-state index in [-0.39, 0.29) is 11.9 Å². The number of carbonyl (C=O) groups excluding carboxylic acids is 2. The number of urea groups is 1. The molecule has 0 unspecified atom stereocenters. The maximum absolute atomic E-state index is 12.6. The number of carbonyl (C=O) groups is 2. The maximum Gasteiger partial charge on any atom is 0.320 e. The average molecular weight is 392 g/mol. The van der Waals surface area contributed by atoms with Crippen LogP contribution in [0.25, 0.3) is 0 Å². The van der Waals surface area contributed by atoms with Gasteiger partial charge in [0.05, 0.1) is 13.7 Å². The molecule has 3 amide bonds. The van der Waals surface area contributed by atoms with Gasteiger partial charge in [0.1, 0.15) is 0 Å². The van der Waals surface area contributed by atoms with E-state index in [2.05, 4.69) is 0 Å². The lowest BCUT2D eigenvalue weighted by Crippen LogP contribution is -2.54. The molecule has 0 radical (unpaired) electrons. The Kier molecular flexibility index (Phi) is 8.42. The second kappa shape index (κ2) is 10.8. The fourth-order valence-corrected chi connectivity index (χ4v) is 3.39. The van der Waals surface area contributed by atoms with Gasteiger partial charge < -0.3 is 24.2 Å². The van der Waals surface area contributed by atoms with Crippen molar-refractivity contribution in [3.63, 3.8) is 0 Å². The van der Waals surface area contributed by atoms with E-state index in [0.717, 1.165) is 5.56 Å². The highest BCUT2D eigenvalue weighted by molar-refractivity contribution is 5.78. The molecule has 1 heterocycles. The Morgan fingerprint density at radius 2 is 1.64 bits per heavy atom. The topological polar surface area (TPSA) is 62.3 Å². The Labute approximate surface area is 168 Å². The van der Waals surface area contributed by atoms with Crippen molar-refractivity contribution in [1.82, 2.24) is 14.7 Å². The average Bonchev–Trinajstić information content (AvgIpc) is 2.73. The van der Waals surface area contributed by atoms with Crippen LogP contribution in [-0.2, 0) is 11.2 Å². The van der Waals surface area contributed by atoms with E-state index >= 15 is 0 Å². The number of rotatable bonds is 8. The Morgan fingerprint density at radius 1 is 1.00 bits per heavy atom. The number of hydrogen-bond donors (Lipinski definition) is 0. The van der Waals surface area contributed by atoms with Crippen LogP contribution in [0.4, 0.5) is 4.79 Å². The lowest BCUT2D eigenvalue weighted by molar-refractivity contribution is -0.132. The summed E-state index contributed by atoms with van der Waals surface area (Å²) >= 11 is 0. The van der Waals surface area contributed by atoms with Crippen molar-refractivity contribution in [3.8, 4) is 11.5 Å². The summed E-state index contributed by atoms with van der Waals surface area (Å²) in [6, 6.07) is 5.86. The van der Waals surface area contributed by atoms with Gasteiger partial charge in [-0.3, -0.25) is 4.79 Å². The van der Waals surface area contributed by atoms with Crippen LogP contribution in [0.5, 0.6) is 11.5 Å². The molecule has 1 aliphatic heterocycles. The van der Waals surface area contributed by atoms with Crippen LogP contribution in [0, 0.1) is 0 Å². The zero-order valence-electron chi connectivity index (χ0n) is 17.6. The van der Waals surface area contributed by atoms with Crippen LogP contribution in [0.3, 0.4) is 0 Å². The highest BCUT2D eigenvalue weighted by Crippen LogP contribution is 2.28. The van der Waals surface area contributed by atoms with Gasteiger partial charge in [0.2, 0.25) is 5.91 Å². The largest absolute Gasteiger partial charge is 0.493 e. The second-order valence-corrected chi connectivity index (χ2v) is 6.74. The molecule has 0 aromatic heterocycles. The van der Waals surface area contributed by atoms with Crippen molar-refractivity contribution in [2.75, 3.05) is 53.0 Å². The zero-order chi connectivity index (χ0) is 20.5. The van der Waals surface area contributed by atoms with Gasteiger partial charge in [-0.25, -0.2) is 4.79 Å². The van der Waals surface area contributed by atoms with Crippen molar-refractivity contribution < 1.29 is 19.1 Å². The van der Waals surface area contributed by atoms with Crippen LogP contribution in [-0.4, -0.2) is 79.6 Å². The fraction of sp³-hybridized carbons (Fsp3) is 0.619. The first-order valence-corrected chi connectivity index (χ1v) is 10.1. The fourth-order valence-electron chi connectivity index (χ4n) is 3.39. The SMILES string of the molecule is CCOc1ccc(CCC(=O)N2CCN(C(=O)N(CC)CC)CC2)cc1OC. The first kappa shape index (κ1) is 21.9. The van der Waals surface area contributed by atoms with Crippen LogP contribution < -0.4 is 9.47 Å². The van der Waals surface area contributed by atoms with Crippen molar-refractivity contribution in [2.45, 2.75) is 33.6 Å². The normalized spacial score (nSPS) is 14.0. The molecule has 2 rings (SSSR count). The Balaban J connectivity index is 1.84. The van der Waals surface area contributed by atoms with Gasteiger partial charge in [0.25, 0.3) is 0 Å². The first-order valence-electron chi connectivity index (χ1n) is 10.1. The van der Waals surface area contributed by atoms with E-state index in [1.165, 1.54) is 0 Å². The molecular weight excluding hydrogens is 358 g/mol. The maximum atomic E-state index is 12.6. The van der Waals surface area contributed by atoms with Gasteiger partial charge in [-0.15, -0.1) is 0 Å². The van der Waals surface area contributed by atoms with Crippen LogP contribution in [0.15, 0.2) is 18.2 Å². The number of benzene rings is 1. The van der Waals surface area contributed by atoms with Gasteiger partial charge in [0.15, 0.2) is 11.5 Å². The molecule has 0 spiro atoms. The van der Waals surface area contributed by atoms with E-state index in [1.54, 1.807) is 7.11 Å². The second-order valence-electron chi connectivity index (χ2n) is 6.74. The molecular formula is C21H33N3O4. The molecule has 156 valence electrons. The molecule has 0 saturated carbocycles. The van der Waals surface area contributed by atoms with Crippen molar-refractivity contribution >= 4 is 11.9 Å². The third-order valence-corrected chi connectivity index (χ3v) is 5.09. The minimum absolute atomic E-state index is 0.0681. The lowest BCUT2D eigenvalue weighted by atomic mass is 10.1. The van der Waals surface area contributed by atoms with Crippen LogP contribution in [0.2, 0.25) is 0 Å². The van der Waals surface area contributed by atoms with Gasteiger partial charge in [-0.05, 0) is 44.9 Å². The van der Waals surface area contributed by atoms with Crippen molar-refractivity contribution in [1.29, 1.82) is 0 Å². The summed E-state index contributed by atoms with van der Waals surface area (Å²) in [4.78, 5) is 30.5. The van der Waals surface area contributed by atoms with Gasteiger partial charge >= 0.3 is 6.03 Å². The molecule has 7 heteroatoms. The van der Waals surface area contributed by atoms with E-state index in [0.29, 0.717) is 70.2 Å². The molecule has 0 bridgehead atoms. The van der Waals surface area contributed by atoms with Crippen molar-refractivity contribution in [3.05, 3.63) is 23.8 Å². The Bertz CT molecular complexity index is 653. The summed E-state index contributed by atoms with van der Waals surface area (Å²) in [5, 5.41) is 0. The quantitative estimate of drug-likeness (QED) is 0.683. The minimum atomic E-state index is 0.0681. The summed E-state index contributed by atoms with van der Waals surface area (Å²) in [5.41, 5.74) is 1.05. The predicted octanol–water partition coefficient (Wildman–Crippen LogP) is 2.63. The van der Waals surface area contributed by atoms with E-state index in [9.17, 15) is 9.59 Å². The summed E-state index contributed by atoms with van der Waals surface area (Å²) in [6.45, 7) is 10.3. The summed E-state index contributed by atoms with van der Waals surface area (Å²) in [5.74, 6) is 1.53. The smallest absolute Gasteiger partial charge is 0.320 e. The molecule has 28 heavy (non-hydrogen) atoms. The van der Waals surface area contributed by atoms with Crippen LogP contribution in [0.1, 0.15) is 32.8 Å². The molecule has 1 aliphatic rings. The molecule has 1 aromatic rings. The van der Waals surface area contributed by atoms with Gasteiger partial charge in [0, 0.05) is 45.7 Å². The summed E-state index contributed by atoms with van der Waals surface area (Å²) in [7, 11) is 1.62. The third kappa shape index (κ3) is 5.53. The number of hydrogen-bond acceptors (Lipinski definition) is 4. The van der Waals surface area contributed by atoms with E-state index in [4.69, 9.17) is 9.47 Å². The molecule has 1 aromatic carbocycles. The monoisotopic (exact) mass is 391 g/mol. The summed E-state index contributed by atoms with van der Waals surface area (Å²) in [6.07, 6.45) is 1.10. The Hall–Kier alpha value is -2.44. The standard InChI is InChI=1S/C21H33N3O4/c1-5-22(6-2)21(26)24-14-12-23(13-15-24)20(25)11-9-17-8-10-18(28-7-3)19(16-17)27-4/h8,10,16H,5-7,9,11-15H2,1-4H3. The third-order valence-electron chi connectivity index (χ3n) is 5.09.